The van der Waals surface area contributed by atoms with Gasteiger partial charge in [-0.25, -0.2) is 4.79 Å². The summed E-state index contributed by atoms with van der Waals surface area (Å²) in [7, 11) is 0. The van der Waals surface area contributed by atoms with Crippen LogP contribution in [0.3, 0.4) is 0 Å². The molecule has 0 spiro atoms. The minimum absolute atomic E-state index is 0.00630. The number of carbonyl (C=O) groups excluding carboxylic acids is 1. The van der Waals surface area contributed by atoms with E-state index in [9.17, 15) is 4.79 Å². The van der Waals surface area contributed by atoms with Crippen LogP contribution in [0.2, 0.25) is 0 Å². The van der Waals surface area contributed by atoms with Gasteiger partial charge in [-0.3, -0.25) is 0 Å². The first-order chi connectivity index (χ1) is 6.13. The third kappa shape index (κ3) is 2.71. The molecule has 72 valence electrons. The van der Waals surface area contributed by atoms with Crippen LogP contribution in [0.5, 0.6) is 0 Å². The van der Waals surface area contributed by atoms with Crippen molar-refractivity contribution >= 4 is 5.97 Å². The maximum absolute atomic E-state index is 10.9. The summed E-state index contributed by atoms with van der Waals surface area (Å²) >= 11 is 0. The van der Waals surface area contributed by atoms with Gasteiger partial charge in [-0.05, 0) is 19.8 Å². The minimum Gasteiger partial charge on any atom is -0.460 e. The Morgan fingerprint density at radius 1 is 1.69 bits per heavy atom. The largest absolute Gasteiger partial charge is 0.460 e. The van der Waals surface area contributed by atoms with Crippen LogP contribution in [0.25, 0.3) is 0 Å². The molecule has 0 radical (unpaired) electrons. The number of carbonyl (C=O) groups is 1. The van der Waals surface area contributed by atoms with Gasteiger partial charge in [-0.2, -0.15) is 5.26 Å². The predicted octanol–water partition coefficient (Wildman–Crippen LogP) is 0.603. The van der Waals surface area contributed by atoms with Gasteiger partial charge in [0.15, 0.2) is 0 Å². The number of hydrogen-bond acceptors (Lipinski definition) is 4. The molecule has 0 amide bonds. The summed E-state index contributed by atoms with van der Waals surface area (Å²) in [5, 5.41) is 17.5. The Bertz CT molecular complexity index is 232. The fraction of sp³-hybridized carbons (Fsp3) is 0.778. The Labute approximate surface area is 77.1 Å². The lowest BCUT2D eigenvalue weighted by Gasteiger charge is -2.12. The van der Waals surface area contributed by atoms with E-state index in [0.29, 0.717) is 6.42 Å². The molecule has 4 nitrogen and oxygen atoms in total. The van der Waals surface area contributed by atoms with E-state index in [1.54, 1.807) is 0 Å². The summed E-state index contributed by atoms with van der Waals surface area (Å²) in [6.45, 7) is 1.37. The smallest absolute Gasteiger partial charge is 0.334 e. The third-order valence-electron chi connectivity index (χ3n) is 2.19. The second kappa shape index (κ2) is 4.24. The van der Waals surface area contributed by atoms with Crippen LogP contribution < -0.4 is 0 Å². The van der Waals surface area contributed by atoms with E-state index < -0.39 is 12.1 Å². The van der Waals surface area contributed by atoms with Crippen LogP contribution in [-0.4, -0.2) is 23.3 Å². The average Bonchev–Trinajstić information content (AvgIpc) is 2.52. The summed E-state index contributed by atoms with van der Waals surface area (Å²) in [6, 6.07) is 2.14. The Balaban J connectivity index is 2.33. The molecule has 0 aromatic heterocycles. The topological polar surface area (TPSA) is 70.3 Å². The van der Waals surface area contributed by atoms with Gasteiger partial charge in [0, 0.05) is 12.3 Å². The monoisotopic (exact) mass is 183 g/mol. The highest BCUT2D eigenvalue weighted by molar-refractivity contribution is 5.74. The van der Waals surface area contributed by atoms with Crippen molar-refractivity contribution in [3.63, 3.8) is 0 Å². The van der Waals surface area contributed by atoms with Crippen LogP contribution in [0.1, 0.15) is 26.2 Å². The number of nitrogens with zero attached hydrogens (tertiary/aromatic N) is 1. The maximum Gasteiger partial charge on any atom is 0.334 e. The number of nitriles is 1. The van der Waals surface area contributed by atoms with Gasteiger partial charge < -0.3 is 9.84 Å². The molecule has 0 saturated heterocycles. The fourth-order valence-corrected chi connectivity index (χ4v) is 1.43. The standard InChI is InChI=1S/C9H13NO3/c1-6(11)9(12)13-8-3-2-7(4-8)5-10/h6-8,11H,2-4H2,1H3/t6-,7?,8?/m0/s1. The molecule has 0 aromatic rings. The molecule has 2 unspecified atom stereocenters. The maximum atomic E-state index is 10.9. The molecule has 1 aliphatic carbocycles. The first-order valence-corrected chi connectivity index (χ1v) is 4.41. The molecule has 1 aliphatic rings. The predicted molar refractivity (Wildman–Crippen MR) is 44.5 cm³/mol. The van der Waals surface area contributed by atoms with E-state index in [-0.39, 0.29) is 12.0 Å². The van der Waals surface area contributed by atoms with E-state index in [2.05, 4.69) is 6.07 Å². The van der Waals surface area contributed by atoms with Crippen LogP contribution >= 0.6 is 0 Å². The Morgan fingerprint density at radius 2 is 2.38 bits per heavy atom. The molecule has 13 heavy (non-hydrogen) atoms. The third-order valence-corrected chi connectivity index (χ3v) is 2.19. The van der Waals surface area contributed by atoms with Crippen molar-refractivity contribution < 1.29 is 14.6 Å². The van der Waals surface area contributed by atoms with Gasteiger partial charge in [0.1, 0.15) is 12.2 Å². The van der Waals surface area contributed by atoms with Crippen molar-refractivity contribution in [3.8, 4) is 6.07 Å². The highest BCUT2D eigenvalue weighted by Gasteiger charge is 2.28. The summed E-state index contributed by atoms with van der Waals surface area (Å²) in [4.78, 5) is 10.9. The van der Waals surface area contributed by atoms with Gasteiger partial charge >= 0.3 is 5.97 Å². The molecule has 1 rings (SSSR count). The van der Waals surface area contributed by atoms with Crippen molar-refractivity contribution in [2.24, 2.45) is 5.92 Å². The van der Waals surface area contributed by atoms with Crippen LogP contribution in [0, 0.1) is 17.2 Å². The summed E-state index contributed by atoms with van der Waals surface area (Å²) in [5.41, 5.74) is 0. The van der Waals surface area contributed by atoms with E-state index in [4.69, 9.17) is 15.1 Å². The molecular formula is C9H13NO3. The van der Waals surface area contributed by atoms with Crippen LogP contribution in [0.15, 0.2) is 0 Å². The molecule has 0 heterocycles. The van der Waals surface area contributed by atoms with Crippen LogP contribution in [-0.2, 0) is 9.53 Å². The van der Waals surface area contributed by atoms with Gasteiger partial charge in [0.25, 0.3) is 0 Å². The normalized spacial score (nSPS) is 29.3. The number of aliphatic hydroxyl groups excluding tert-OH is 1. The van der Waals surface area contributed by atoms with Gasteiger partial charge in [0.2, 0.25) is 0 Å². The second-order valence-corrected chi connectivity index (χ2v) is 3.37. The van der Waals surface area contributed by atoms with Crippen molar-refractivity contribution in [3.05, 3.63) is 0 Å². The Hall–Kier alpha value is -1.08. The SMILES string of the molecule is C[C@H](O)C(=O)OC1CCC(C#N)C1. The molecule has 0 bridgehead atoms. The van der Waals surface area contributed by atoms with Crippen LogP contribution in [0.4, 0.5) is 0 Å². The van der Waals surface area contributed by atoms with Gasteiger partial charge in [0.05, 0.1) is 6.07 Å². The highest BCUT2D eigenvalue weighted by Crippen LogP contribution is 2.27. The number of rotatable bonds is 2. The second-order valence-electron chi connectivity index (χ2n) is 3.37. The van der Waals surface area contributed by atoms with Crippen molar-refractivity contribution in [2.45, 2.75) is 38.4 Å². The van der Waals surface area contributed by atoms with E-state index in [1.165, 1.54) is 6.92 Å². The first-order valence-electron chi connectivity index (χ1n) is 4.41. The number of aliphatic hydroxyl groups is 1. The average molecular weight is 183 g/mol. The van der Waals surface area contributed by atoms with Crippen molar-refractivity contribution in [1.82, 2.24) is 0 Å². The van der Waals surface area contributed by atoms with Gasteiger partial charge in [-0.15, -0.1) is 0 Å². The number of ether oxygens (including phenoxy) is 1. The lowest BCUT2D eigenvalue weighted by molar-refractivity contribution is -0.157. The zero-order valence-electron chi connectivity index (χ0n) is 7.56. The van der Waals surface area contributed by atoms with Crippen molar-refractivity contribution in [2.75, 3.05) is 0 Å². The molecule has 0 aromatic carbocycles. The zero-order chi connectivity index (χ0) is 9.84. The molecule has 0 aliphatic heterocycles. The summed E-state index contributed by atoms with van der Waals surface area (Å²) in [5.74, 6) is -0.588. The fourth-order valence-electron chi connectivity index (χ4n) is 1.43. The minimum atomic E-state index is -1.07. The zero-order valence-corrected chi connectivity index (χ0v) is 7.56. The molecule has 3 atom stereocenters. The lowest BCUT2D eigenvalue weighted by atomic mass is 10.1. The molecule has 4 heteroatoms. The molecule has 1 saturated carbocycles. The molecule has 1 fully saturated rings. The van der Waals surface area contributed by atoms with Crippen molar-refractivity contribution in [1.29, 1.82) is 5.26 Å². The Kier molecular flexibility index (Phi) is 3.26. The molecular weight excluding hydrogens is 170 g/mol. The summed E-state index contributed by atoms with van der Waals surface area (Å²) in [6.07, 6.45) is 0.882. The number of hydrogen-bond donors (Lipinski definition) is 1. The first kappa shape index (κ1) is 10.0. The Morgan fingerprint density at radius 3 is 2.85 bits per heavy atom. The van der Waals surface area contributed by atoms with Gasteiger partial charge in [-0.1, -0.05) is 0 Å². The number of esters is 1. The highest BCUT2D eigenvalue weighted by atomic mass is 16.6. The summed E-state index contributed by atoms with van der Waals surface area (Å²) < 4.78 is 4.96. The van der Waals surface area contributed by atoms with E-state index in [1.807, 2.05) is 0 Å². The molecule has 1 N–H and O–H groups in total. The van der Waals surface area contributed by atoms with E-state index in [0.717, 1.165) is 12.8 Å². The quantitative estimate of drug-likeness (QED) is 0.636. The van der Waals surface area contributed by atoms with E-state index >= 15 is 0 Å². The lowest BCUT2D eigenvalue weighted by Crippen LogP contribution is -2.24.